The molecule has 3 heterocycles. The van der Waals surface area contributed by atoms with Crippen LogP contribution in [-0.4, -0.2) is 44.1 Å². The Morgan fingerprint density at radius 1 is 1.24 bits per heavy atom. The predicted octanol–water partition coefficient (Wildman–Crippen LogP) is 2.00. The van der Waals surface area contributed by atoms with Gasteiger partial charge in [0.15, 0.2) is 5.82 Å². The van der Waals surface area contributed by atoms with Crippen LogP contribution < -0.4 is 5.32 Å². The van der Waals surface area contributed by atoms with Gasteiger partial charge in [-0.3, -0.25) is 9.59 Å². The third kappa shape index (κ3) is 3.26. The normalized spacial score (nSPS) is 21.0. The van der Waals surface area contributed by atoms with Crippen LogP contribution in [0.1, 0.15) is 32.1 Å². The van der Waals surface area contributed by atoms with E-state index in [0.29, 0.717) is 30.5 Å². The maximum Gasteiger partial charge on any atom is 0.229 e. The molecule has 1 N–H and O–H groups in total. The molecule has 2 amide bonds. The summed E-state index contributed by atoms with van der Waals surface area (Å²) in [5.74, 6) is 0.409. The molecule has 7 heteroatoms. The Hall–Kier alpha value is -2.70. The van der Waals surface area contributed by atoms with Crippen molar-refractivity contribution >= 4 is 17.5 Å². The van der Waals surface area contributed by atoms with Crippen LogP contribution in [0.5, 0.6) is 0 Å². The quantitative estimate of drug-likeness (QED) is 0.924. The number of hydrogen-bond acceptors (Lipinski definition) is 4. The number of anilines is 1. The first-order valence-corrected chi connectivity index (χ1v) is 8.77. The predicted molar refractivity (Wildman–Crippen MR) is 92.1 cm³/mol. The molecule has 1 saturated heterocycles. The van der Waals surface area contributed by atoms with Crippen LogP contribution in [0.15, 0.2) is 36.8 Å². The summed E-state index contributed by atoms with van der Waals surface area (Å²) in [6, 6.07) is 5.76. The van der Waals surface area contributed by atoms with Crippen LogP contribution in [0, 0.1) is 5.92 Å². The van der Waals surface area contributed by atoms with Crippen molar-refractivity contribution < 1.29 is 9.59 Å². The summed E-state index contributed by atoms with van der Waals surface area (Å²) < 4.78 is 1.65. The molecule has 0 unspecified atom stereocenters. The van der Waals surface area contributed by atoms with Crippen molar-refractivity contribution in [3.63, 3.8) is 0 Å². The van der Waals surface area contributed by atoms with Crippen LogP contribution in [0.25, 0.3) is 5.82 Å². The second-order valence-corrected chi connectivity index (χ2v) is 6.73. The van der Waals surface area contributed by atoms with Gasteiger partial charge in [0.05, 0.1) is 17.8 Å². The van der Waals surface area contributed by atoms with Gasteiger partial charge in [0.1, 0.15) is 0 Å². The van der Waals surface area contributed by atoms with Crippen molar-refractivity contribution in [3.05, 3.63) is 36.8 Å². The van der Waals surface area contributed by atoms with Crippen LogP contribution in [0.3, 0.4) is 0 Å². The minimum absolute atomic E-state index is 0.109. The lowest BCUT2D eigenvalue weighted by molar-refractivity contribution is -0.129. The number of rotatable bonds is 4. The number of carbonyl (C=O) groups excluding carboxylic acids is 2. The van der Waals surface area contributed by atoms with Crippen LogP contribution in [-0.2, 0) is 9.59 Å². The second kappa shape index (κ2) is 6.66. The average molecular weight is 339 g/mol. The molecule has 25 heavy (non-hydrogen) atoms. The Bertz CT molecular complexity index is 750. The van der Waals surface area contributed by atoms with E-state index in [2.05, 4.69) is 15.4 Å². The van der Waals surface area contributed by atoms with E-state index in [-0.39, 0.29) is 17.7 Å². The van der Waals surface area contributed by atoms with Crippen LogP contribution in [0.4, 0.5) is 5.69 Å². The zero-order valence-electron chi connectivity index (χ0n) is 14.0. The van der Waals surface area contributed by atoms with E-state index >= 15 is 0 Å². The van der Waals surface area contributed by atoms with Crippen molar-refractivity contribution in [2.24, 2.45) is 5.92 Å². The molecule has 2 aliphatic rings. The maximum absolute atomic E-state index is 12.5. The molecule has 7 nitrogen and oxygen atoms in total. The molecule has 1 saturated carbocycles. The summed E-state index contributed by atoms with van der Waals surface area (Å²) >= 11 is 0. The largest absolute Gasteiger partial charge is 0.339 e. The summed E-state index contributed by atoms with van der Waals surface area (Å²) in [5.41, 5.74) is 0.632. The van der Waals surface area contributed by atoms with Crippen LogP contribution >= 0.6 is 0 Å². The van der Waals surface area contributed by atoms with E-state index in [0.717, 1.165) is 12.8 Å². The van der Waals surface area contributed by atoms with E-state index in [1.807, 2.05) is 17.2 Å². The number of hydrogen-bond donors (Lipinski definition) is 1. The van der Waals surface area contributed by atoms with E-state index in [1.165, 1.54) is 12.8 Å². The third-order valence-electron chi connectivity index (χ3n) is 5.05. The second-order valence-electron chi connectivity index (χ2n) is 6.73. The van der Waals surface area contributed by atoms with Gasteiger partial charge >= 0.3 is 0 Å². The fraction of sp³-hybridized carbons (Fsp3) is 0.444. The van der Waals surface area contributed by atoms with E-state index < -0.39 is 0 Å². The Kier molecular flexibility index (Phi) is 4.21. The molecule has 1 aliphatic heterocycles. The molecule has 2 fully saturated rings. The summed E-state index contributed by atoms with van der Waals surface area (Å²) in [7, 11) is 0. The number of carbonyl (C=O) groups is 2. The Balaban J connectivity index is 1.38. The molecule has 0 radical (unpaired) electrons. The molecule has 1 atom stereocenters. The van der Waals surface area contributed by atoms with Gasteiger partial charge in [-0.15, -0.1) is 0 Å². The van der Waals surface area contributed by atoms with Crippen molar-refractivity contribution in [1.29, 1.82) is 0 Å². The first-order valence-electron chi connectivity index (χ1n) is 8.77. The summed E-state index contributed by atoms with van der Waals surface area (Å²) in [4.78, 5) is 30.9. The summed E-state index contributed by atoms with van der Waals surface area (Å²) in [5, 5.41) is 7.00. The van der Waals surface area contributed by atoms with E-state index in [1.54, 1.807) is 29.2 Å². The lowest BCUT2D eigenvalue weighted by atomic mass is 10.1. The standard InChI is InChI=1S/C18H21N5O2/c24-17-10-13(12-22(17)15-4-1-2-5-15)18(25)21-14-6-7-16(19-11-14)23-9-3-8-20-23/h3,6-9,11,13,15H,1-2,4-5,10,12H2,(H,21,25)/t13-/m0/s1. The Morgan fingerprint density at radius 3 is 2.76 bits per heavy atom. The van der Waals surface area contributed by atoms with E-state index in [4.69, 9.17) is 0 Å². The average Bonchev–Trinajstić information content (AvgIpc) is 3.37. The van der Waals surface area contributed by atoms with Gasteiger partial charge in [-0.05, 0) is 31.0 Å². The minimum Gasteiger partial charge on any atom is -0.339 e. The van der Waals surface area contributed by atoms with Crippen LogP contribution in [0.2, 0.25) is 0 Å². The highest BCUT2D eigenvalue weighted by Crippen LogP contribution is 2.29. The molecule has 4 rings (SSSR count). The van der Waals surface area contributed by atoms with E-state index in [9.17, 15) is 9.59 Å². The number of likely N-dealkylation sites (tertiary alicyclic amines) is 1. The highest BCUT2D eigenvalue weighted by Gasteiger charge is 2.38. The summed E-state index contributed by atoms with van der Waals surface area (Å²) in [6.45, 7) is 0.536. The monoisotopic (exact) mass is 339 g/mol. The molecule has 0 aromatic carbocycles. The SMILES string of the molecule is O=C(Nc1ccc(-n2cccn2)nc1)[C@H]1CC(=O)N(C2CCCC2)C1. The number of pyridine rings is 1. The molecular formula is C18H21N5O2. The number of amides is 2. The fourth-order valence-electron chi connectivity index (χ4n) is 3.72. The van der Waals surface area contributed by atoms with Crippen molar-refractivity contribution in [3.8, 4) is 5.82 Å². The zero-order chi connectivity index (χ0) is 17.2. The molecule has 130 valence electrons. The number of nitrogens with one attached hydrogen (secondary N) is 1. The molecular weight excluding hydrogens is 318 g/mol. The van der Waals surface area contributed by atoms with Gasteiger partial charge < -0.3 is 10.2 Å². The zero-order valence-corrected chi connectivity index (χ0v) is 14.0. The molecule has 0 spiro atoms. The lowest BCUT2D eigenvalue weighted by Gasteiger charge is -2.23. The van der Waals surface area contributed by atoms with Gasteiger partial charge in [0, 0.05) is 31.4 Å². The highest BCUT2D eigenvalue weighted by atomic mass is 16.2. The van der Waals surface area contributed by atoms with Gasteiger partial charge in [-0.1, -0.05) is 12.8 Å². The Labute approximate surface area is 146 Å². The highest BCUT2D eigenvalue weighted by molar-refractivity contribution is 5.97. The minimum atomic E-state index is -0.279. The van der Waals surface area contributed by atoms with Crippen molar-refractivity contribution in [1.82, 2.24) is 19.7 Å². The number of aromatic nitrogens is 3. The number of nitrogens with zero attached hydrogens (tertiary/aromatic N) is 4. The smallest absolute Gasteiger partial charge is 0.229 e. The summed E-state index contributed by atoms with van der Waals surface area (Å²) in [6.07, 6.45) is 9.91. The molecule has 0 bridgehead atoms. The maximum atomic E-state index is 12.5. The third-order valence-corrected chi connectivity index (χ3v) is 5.05. The van der Waals surface area contributed by atoms with Gasteiger partial charge in [-0.25, -0.2) is 9.67 Å². The van der Waals surface area contributed by atoms with Crippen molar-refractivity contribution in [2.45, 2.75) is 38.1 Å². The van der Waals surface area contributed by atoms with Gasteiger partial charge in [0.2, 0.25) is 11.8 Å². The topological polar surface area (TPSA) is 80.1 Å². The first-order chi connectivity index (χ1) is 12.2. The lowest BCUT2D eigenvalue weighted by Crippen LogP contribution is -2.35. The molecule has 1 aliphatic carbocycles. The Morgan fingerprint density at radius 2 is 2.08 bits per heavy atom. The van der Waals surface area contributed by atoms with Crippen molar-refractivity contribution in [2.75, 3.05) is 11.9 Å². The van der Waals surface area contributed by atoms with Gasteiger partial charge in [0.25, 0.3) is 0 Å². The molecule has 2 aromatic rings. The van der Waals surface area contributed by atoms with Gasteiger partial charge in [-0.2, -0.15) is 5.10 Å². The first kappa shape index (κ1) is 15.8. The molecule has 2 aromatic heterocycles. The fourth-order valence-corrected chi connectivity index (χ4v) is 3.72.